The van der Waals surface area contributed by atoms with Crippen molar-refractivity contribution in [2.45, 2.75) is 76.9 Å². The van der Waals surface area contributed by atoms with Gasteiger partial charge in [0.15, 0.2) is 0 Å². The Bertz CT molecular complexity index is 404. The van der Waals surface area contributed by atoms with Gasteiger partial charge in [0, 0.05) is 18.8 Å². The third-order valence-electron chi connectivity index (χ3n) is 4.56. The maximum atomic E-state index is 12.0. The van der Waals surface area contributed by atoms with E-state index in [0.29, 0.717) is 19.3 Å². The molecule has 0 amide bonds. The molecule has 0 aromatic heterocycles. The minimum Gasteiger partial charge on any atom is -0.481 e. The Morgan fingerprint density at radius 3 is 2.70 bits per heavy atom. The van der Waals surface area contributed by atoms with E-state index < -0.39 is 18.2 Å². The minimum absolute atomic E-state index is 0.0375. The molecule has 0 aromatic rings. The Morgan fingerprint density at radius 2 is 2.04 bits per heavy atom. The van der Waals surface area contributed by atoms with Crippen LogP contribution in [0.1, 0.15) is 64.7 Å². The van der Waals surface area contributed by atoms with E-state index in [1.807, 2.05) is 0 Å². The maximum absolute atomic E-state index is 12.0. The summed E-state index contributed by atoms with van der Waals surface area (Å²) in [5.74, 6) is -1.11. The van der Waals surface area contributed by atoms with Gasteiger partial charge in [-0.3, -0.25) is 9.59 Å². The van der Waals surface area contributed by atoms with E-state index in [2.05, 4.69) is 6.92 Å². The van der Waals surface area contributed by atoms with Crippen LogP contribution in [-0.4, -0.2) is 39.3 Å². The first-order valence-electron chi connectivity index (χ1n) is 8.74. The van der Waals surface area contributed by atoms with Gasteiger partial charge < -0.3 is 15.3 Å². The second-order valence-electron chi connectivity index (χ2n) is 6.51. The summed E-state index contributed by atoms with van der Waals surface area (Å²) in [5.41, 5.74) is 0. The van der Waals surface area contributed by atoms with Gasteiger partial charge in [0.1, 0.15) is 5.78 Å². The molecule has 0 saturated heterocycles. The van der Waals surface area contributed by atoms with Crippen molar-refractivity contribution in [2.24, 2.45) is 11.8 Å². The first kappa shape index (κ1) is 19.8. The normalized spacial score (nSPS) is 26.0. The van der Waals surface area contributed by atoms with Gasteiger partial charge in [0.05, 0.1) is 12.2 Å². The lowest BCUT2D eigenvalue weighted by Crippen LogP contribution is -2.19. The summed E-state index contributed by atoms with van der Waals surface area (Å²) in [6, 6.07) is 0. The fourth-order valence-electron chi connectivity index (χ4n) is 3.20. The lowest BCUT2D eigenvalue weighted by atomic mass is 9.88. The van der Waals surface area contributed by atoms with Crippen molar-refractivity contribution in [3.63, 3.8) is 0 Å². The Labute approximate surface area is 138 Å². The van der Waals surface area contributed by atoms with E-state index in [0.717, 1.165) is 25.7 Å². The molecule has 5 nitrogen and oxygen atoms in total. The van der Waals surface area contributed by atoms with E-state index in [1.54, 1.807) is 12.2 Å². The number of carbonyl (C=O) groups excluding carboxylic acids is 1. The molecule has 0 aliphatic heterocycles. The molecule has 1 rings (SSSR count). The number of aliphatic hydroxyl groups excluding tert-OH is 2. The van der Waals surface area contributed by atoms with E-state index in [4.69, 9.17) is 5.11 Å². The summed E-state index contributed by atoms with van der Waals surface area (Å²) in [7, 11) is 0. The topological polar surface area (TPSA) is 94.8 Å². The van der Waals surface area contributed by atoms with Crippen LogP contribution in [0.2, 0.25) is 0 Å². The number of allylic oxidation sites excluding steroid dienone is 1. The third kappa shape index (κ3) is 7.27. The van der Waals surface area contributed by atoms with Gasteiger partial charge in [-0.05, 0) is 31.6 Å². The second-order valence-corrected chi connectivity index (χ2v) is 6.51. The molecule has 1 fully saturated rings. The SMILES string of the molecule is CCCCC[C@@H]1[C@@H](O)CC(=O)[C@@H]1/C=C/[C@H](O)CCCCC(=O)O. The highest BCUT2D eigenvalue weighted by Crippen LogP contribution is 2.34. The monoisotopic (exact) mass is 326 g/mol. The van der Waals surface area contributed by atoms with Gasteiger partial charge >= 0.3 is 5.97 Å². The molecule has 5 heteroatoms. The molecule has 132 valence electrons. The first-order valence-corrected chi connectivity index (χ1v) is 8.74. The zero-order valence-corrected chi connectivity index (χ0v) is 14.0. The number of rotatable bonds is 11. The molecule has 0 aromatic carbocycles. The second kappa shape index (κ2) is 10.6. The molecule has 0 bridgehead atoms. The zero-order chi connectivity index (χ0) is 17.2. The van der Waals surface area contributed by atoms with Crippen LogP contribution in [0.3, 0.4) is 0 Å². The number of carboxylic acids is 1. The molecule has 0 spiro atoms. The molecule has 1 saturated carbocycles. The lowest BCUT2D eigenvalue weighted by Gasteiger charge is -2.18. The van der Waals surface area contributed by atoms with Crippen molar-refractivity contribution in [3.05, 3.63) is 12.2 Å². The molecule has 0 unspecified atom stereocenters. The lowest BCUT2D eigenvalue weighted by molar-refractivity contribution is -0.137. The molecule has 23 heavy (non-hydrogen) atoms. The van der Waals surface area contributed by atoms with E-state index in [1.165, 1.54) is 0 Å². The zero-order valence-electron chi connectivity index (χ0n) is 14.0. The smallest absolute Gasteiger partial charge is 0.303 e. The fourth-order valence-corrected chi connectivity index (χ4v) is 3.20. The average molecular weight is 326 g/mol. The number of carbonyl (C=O) groups is 2. The molecule has 0 radical (unpaired) electrons. The van der Waals surface area contributed by atoms with Gasteiger partial charge in [-0.1, -0.05) is 38.3 Å². The summed E-state index contributed by atoms with van der Waals surface area (Å²) in [4.78, 5) is 22.4. The van der Waals surface area contributed by atoms with Crippen LogP contribution in [0.4, 0.5) is 0 Å². The van der Waals surface area contributed by atoms with E-state index >= 15 is 0 Å². The number of unbranched alkanes of at least 4 members (excludes halogenated alkanes) is 3. The van der Waals surface area contributed by atoms with Crippen molar-refractivity contribution in [1.29, 1.82) is 0 Å². The summed E-state index contributed by atoms with van der Waals surface area (Å²) < 4.78 is 0. The predicted molar refractivity (Wildman–Crippen MR) is 88.0 cm³/mol. The summed E-state index contributed by atoms with van der Waals surface area (Å²) in [6.07, 6.45) is 8.19. The number of carboxylic acid groups (broad SMARTS) is 1. The van der Waals surface area contributed by atoms with Gasteiger partial charge in [-0.15, -0.1) is 0 Å². The molecule has 1 aliphatic rings. The molecule has 1 aliphatic carbocycles. The highest BCUT2D eigenvalue weighted by atomic mass is 16.4. The van der Waals surface area contributed by atoms with Crippen LogP contribution in [0.5, 0.6) is 0 Å². The van der Waals surface area contributed by atoms with Gasteiger partial charge in [-0.2, -0.15) is 0 Å². The van der Waals surface area contributed by atoms with E-state index in [-0.39, 0.29) is 30.5 Å². The molecule has 3 N–H and O–H groups in total. The molecule has 0 heterocycles. The van der Waals surface area contributed by atoms with Gasteiger partial charge in [-0.25, -0.2) is 0 Å². The largest absolute Gasteiger partial charge is 0.481 e. The number of ketones is 1. The van der Waals surface area contributed by atoms with Crippen molar-refractivity contribution in [2.75, 3.05) is 0 Å². The Kier molecular flexibility index (Phi) is 9.10. The van der Waals surface area contributed by atoms with Crippen molar-refractivity contribution in [3.8, 4) is 0 Å². The van der Waals surface area contributed by atoms with Crippen molar-refractivity contribution >= 4 is 11.8 Å². The van der Waals surface area contributed by atoms with Crippen LogP contribution in [0, 0.1) is 11.8 Å². The van der Waals surface area contributed by atoms with Crippen molar-refractivity contribution < 1.29 is 24.9 Å². The molecular formula is C18H30O5. The van der Waals surface area contributed by atoms with E-state index in [9.17, 15) is 19.8 Å². The number of hydrogen-bond acceptors (Lipinski definition) is 4. The summed E-state index contributed by atoms with van der Waals surface area (Å²) in [5, 5.41) is 28.5. The number of aliphatic carboxylic acids is 1. The first-order chi connectivity index (χ1) is 11.0. The Hall–Kier alpha value is -1.20. The predicted octanol–water partition coefficient (Wildman–Crippen LogP) is 2.69. The highest BCUT2D eigenvalue weighted by Gasteiger charge is 2.39. The maximum Gasteiger partial charge on any atom is 0.303 e. The standard InChI is InChI=1S/C18H30O5/c1-2-3-4-8-14-15(17(21)12-16(14)20)11-10-13(19)7-5-6-9-18(22)23/h10-11,13-16,19-20H,2-9,12H2,1H3,(H,22,23)/b11-10+/t13-,14+,15-,16+/m1/s1. The number of Topliss-reactive ketones (excluding diaryl/α,β-unsaturated/α-hetero) is 1. The van der Waals surface area contributed by atoms with Crippen LogP contribution < -0.4 is 0 Å². The van der Waals surface area contributed by atoms with Crippen LogP contribution in [-0.2, 0) is 9.59 Å². The number of hydrogen-bond donors (Lipinski definition) is 3. The number of aliphatic hydroxyl groups is 2. The Balaban J connectivity index is 2.44. The summed E-state index contributed by atoms with van der Waals surface area (Å²) >= 11 is 0. The van der Waals surface area contributed by atoms with Gasteiger partial charge in [0.2, 0.25) is 0 Å². The van der Waals surface area contributed by atoms with Crippen LogP contribution in [0.25, 0.3) is 0 Å². The summed E-state index contributed by atoms with van der Waals surface area (Å²) in [6.45, 7) is 2.12. The highest BCUT2D eigenvalue weighted by molar-refractivity contribution is 5.85. The Morgan fingerprint density at radius 1 is 1.30 bits per heavy atom. The minimum atomic E-state index is -0.824. The van der Waals surface area contributed by atoms with Crippen molar-refractivity contribution in [1.82, 2.24) is 0 Å². The van der Waals surface area contributed by atoms with Gasteiger partial charge in [0.25, 0.3) is 0 Å². The quantitative estimate of drug-likeness (QED) is 0.401. The third-order valence-corrected chi connectivity index (χ3v) is 4.56. The molecular weight excluding hydrogens is 296 g/mol. The fraction of sp³-hybridized carbons (Fsp3) is 0.778. The molecule has 4 atom stereocenters. The average Bonchev–Trinajstić information content (AvgIpc) is 2.75. The van der Waals surface area contributed by atoms with Crippen LogP contribution in [0.15, 0.2) is 12.2 Å². The van der Waals surface area contributed by atoms with Crippen LogP contribution >= 0.6 is 0 Å².